The average Bonchev–Trinajstić information content (AvgIpc) is 2.16. The van der Waals surface area contributed by atoms with Gasteiger partial charge >= 0.3 is 5.97 Å². The molecule has 13 heavy (non-hydrogen) atoms. The van der Waals surface area contributed by atoms with E-state index in [1.165, 1.54) is 12.1 Å². The Balaban J connectivity index is 3.30. The molecule has 68 valence electrons. The number of hydrogen-bond donors (Lipinski definition) is 0. The number of benzene rings is 1. The van der Waals surface area contributed by atoms with Crippen LogP contribution in [0.25, 0.3) is 0 Å². The van der Waals surface area contributed by atoms with Crippen molar-refractivity contribution >= 4 is 11.7 Å². The summed E-state index contributed by atoms with van der Waals surface area (Å²) < 4.78 is 17.3. The number of methoxy groups -OCH3 is 1. The lowest BCUT2D eigenvalue weighted by Gasteiger charge is -2.01. The highest BCUT2D eigenvalue weighted by atomic mass is 19.1. The molecule has 0 fully saturated rings. The van der Waals surface area contributed by atoms with Crippen molar-refractivity contribution < 1.29 is 13.9 Å². The molecular formula is C8H6FNO3. The van der Waals surface area contributed by atoms with E-state index in [-0.39, 0.29) is 5.69 Å². The van der Waals surface area contributed by atoms with Crippen molar-refractivity contribution in [1.82, 2.24) is 0 Å². The number of nitroso groups, excluding NO2 is 1. The first-order valence-electron chi connectivity index (χ1n) is 3.41. The Morgan fingerprint density at radius 3 is 2.77 bits per heavy atom. The van der Waals surface area contributed by atoms with Crippen molar-refractivity contribution in [3.8, 4) is 0 Å². The second-order valence-corrected chi connectivity index (χ2v) is 2.22. The van der Waals surface area contributed by atoms with Gasteiger partial charge in [-0.25, -0.2) is 9.18 Å². The summed E-state index contributed by atoms with van der Waals surface area (Å²) in [4.78, 5) is 21.1. The minimum atomic E-state index is -0.910. The van der Waals surface area contributed by atoms with Crippen LogP contribution in [0.1, 0.15) is 10.4 Å². The van der Waals surface area contributed by atoms with E-state index in [2.05, 4.69) is 9.91 Å². The Labute approximate surface area is 73.3 Å². The van der Waals surface area contributed by atoms with Gasteiger partial charge in [0.05, 0.1) is 7.11 Å². The largest absolute Gasteiger partial charge is 0.465 e. The third-order valence-corrected chi connectivity index (χ3v) is 1.48. The first-order valence-corrected chi connectivity index (χ1v) is 3.41. The maximum atomic E-state index is 13.0. The standard InChI is InChI=1S/C8H6FNO3/c1-13-8(11)7-5(9)3-2-4-6(7)10-12/h2-4H,1H3. The summed E-state index contributed by atoms with van der Waals surface area (Å²) in [5, 5.41) is 2.51. The van der Waals surface area contributed by atoms with E-state index >= 15 is 0 Å². The van der Waals surface area contributed by atoms with E-state index < -0.39 is 17.3 Å². The van der Waals surface area contributed by atoms with Crippen LogP contribution < -0.4 is 0 Å². The summed E-state index contributed by atoms with van der Waals surface area (Å²) in [6.07, 6.45) is 0. The van der Waals surface area contributed by atoms with Gasteiger partial charge in [0.15, 0.2) is 0 Å². The van der Waals surface area contributed by atoms with Gasteiger partial charge in [0, 0.05) is 0 Å². The molecule has 0 bridgehead atoms. The fourth-order valence-electron chi connectivity index (χ4n) is 0.893. The lowest BCUT2D eigenvalue weighted by atomic mass is 10.2. The zero-order valence-corrected chi connectivity index (χ0v) is 6.78. The molecule has 0 saturated heterocycles. The van der Waals surface area contributed by atoms with Crippen LogP contribution in [0, 0.1) is 10.7 Å². The van der Waals surface area contributed by atoms with Gasteiger partial charge in [-0.3, -0.25) is 0 Å². The first kappa shape index (κ1) is 9.31. The number of carbonyl (C=O) groups is 1. The van der Waals surface area contributed by atoms with Gasteiger partial charge in [-0.2, -0.15) is 0 Å². The van der Waals surface area contributed by atoms with Crippen molar-refractivity contribution in [2.45, 2.75) is 0 Å². The van der Waals surface area contributed by atoms with Crippen molar-refractivity contribution in [3.63, 3.8) is 0 Å². The molecule has 0 unspecified atom stereocenters. The van der Waals surface area contributed by atoms with E-state index in [0.717, 1.165) is 13.2 Å². The fraction of sp³-hybridized carbons (Fsp3) is 0.125. The van der Waals surface area contributed by atoms with Gasteiger partial charge in [0.2, 0.25) is 0 Å². The molecule has 0 heterocycles. The van der Waals surface area contributed by atoms with E-state index in [9.17, 15) is 14.1 Å². The minimum Gasteiger partial charge on any atom is -0.465 e. The number of hydrogen-bond acceptors (Lipinski definition) is 4. The topological polar surface area (TPSA) is 55.7 Å². The molecule has 0 saturated carbocycles. The Kier molecular flexibility index (Phi) is 2.69. The first-order chi connectivity index (χ1) is 6.20. The van der Waals surface area contributed by atoms with Crippen LogP contribution in [-0.4, -0.2) is 13.1 Å². The SMILES string of the molecule is COC(=O)c1c(F)cccc1N=O. The second-order valence-electron chi connectivity index (χ2n) is 2.22. The zero-order valence-electron chi connectivity index (χ0n) is 6.78. The minimum absolute atomic E-state index is 0.258. The quantitative estimate of drug-likeness (QED) is 0.520. The molecule has 1 aromatic carbocycles. The Bertz CT molecular complexity index is 351. The predicted octanol–water partition coefficient (Wildman–Crippen LogP) is 2.01. The van der Waals surface area contributed by atoms with Crippen molar-refractivity contribution in [3.05, 3.63) is 34.5 Å². The molecule has 0 amide bonds. The predicted molar refractivity (Wildman–Crippen MR) is 43.2 cm³/mol. The highest BCUT2D eigenvalue weighted by Crippen LogP contribution is 2.22. The van der Waals surface area contributed by atoms with E-state index in [4.69, 9.17) is 0 Å². The smallest absolute Gasteiger partial charge is 0.343 e. The Morgan fingerprint density at radius 1 is 1.54 bits per heavy atom. The van der Waals surface area contributed by atoms with Gasteiger partial charge in [-0.1, -0.05) is 6.07 Å². The lowest BCUT2D eigenvalue weighted by Crippen LogP contribution is -2.04. The molecule has 1 rings (SSSR count). The zero-order chi connectivity index (χ0) is 9.84. The van der Waals surface area contributed by atoms with E-state index in [1.807, 2.05) is 0 Å². The van der Waals surface area contributed by atoms with Crippen molar-refractivity contribution in [2.24, 2.45) is 5.18 Å². The maximum absolute atomic E-state index is 13.0. The lowest BCUT2D eigenvalue weighted by molar-refractivity contribution is 0.0596. The third kappa shape index (κ3) is 1.69. The number of carbonyl (C=O) groups excluding carboxylic acids is 1. The molecule has 0 spiro atoms. The average molecular weight is 183 g/mol. The second kappa shape index (κ2) is 3.75. The maximum Gasteiger partial charge on any atom is 0.343 e. The van der Waals surface area contributed by atoms with Crippen LogP contribution in [0.5, 0.6) is 0 Å². The van der Waals surface area contributed by atoms with Crippen LogP contribution in [0.3, 0.4) is 0 Å². The molecule has 0 aliphatic carbocycles. The van der Waals surface area contributed by atoms with Crippen LogP contribution in [0.15, 0.2) is 23.4 Å². The number of esters is 1. The Hall–Kier alpha value is -1.78. The van der Waals surface area contributed by atoms with E-state index in [1.54, 1.807) is 0 Å². The molecule has 0 atom stereocenters. The van der Waals surface area contributed by atoms with E-state index in [0.29, 0.717) is 0 Å². The summed E-state index contributed by atoms with van der Waals surface area (Å²) in [7, 11) is 1.10. The van der Waals surface area contributed by atoms with Gasteiger partial charge < -0.3 is 4.74 Å². The molecular weight excluding hydrogens is 177 g/mol. The molecule has 5 heteroatoms. The molecule has 0 aromatic heterocycles. The number of nitrogens with zero attached hydrogens (tertiary/aromatic N) is 1. The summed E-state index contributed by atoms with van der Waals surface area (Å²) in [6.45, 7) is 0. The van der Waals surface area contributed by atoms with Crippen LogP contribution in [0.4, 0.5) is 10.1 Å². The van der Waals surface area contributed by atoms with Gasteiger partial charge in [-0.15, -0.1) is 4.91 Å². The summed E-state index contributed by atoms with van der Waals surface area (Å²) in [6, 6.07) is 3.59. The molecule has 4 nitrogen and oxygen atoms in total. The normalized spacial score (nSPS) is 9.38. The van der Waals surface area contributed by atoms with Crippen molar-refractivity contribution in [1.29, 1.82) is 0 Å². The summed E-state index contributed by atoms with van der Waals surface area (Å²) in [5.74, 6) is -1.73. The van der Waals surface area contributed by atoms with Gasteiger partial charge in [-0.05, 0) is 17.3 Å². The van der Waals surface area contributed by atoms with Gasteiger partial charge in [0.25, 0.3) is 0 Å². The molecule has 0 aliphatic heterocycles. The van der Waals surface area contributed by atoms with Crippen LogP contribution in [0.2, 0.25) is 0 Å². The van der Waals surface area contributed by atoms with Crippen LogP contribution >= 0.6 is 0 Å². The molecule has 0 aliphatic rings. The monoisotopic (exact) mass is 183 g/mol. The molecule has 0 N–H and O–H groups in total. The fourth-order valence-corrected chi connectivity index (χ4v) is 0.893. The molecule has 1 aromatic rings. The summed E-state index contributed by atoms with van der Waals surface area (Å²) >= 11 is 0. The highest BCUT2D eigenvalue weighted by molar-refractivity contribution is 5.95. The highest BCUT2D eigenvalue weighted by Gasteiger charge is 2.17. The number of ether oxygens (including phenoxy) is 1. The molecule has 0 radical (unpaired) electrons. The summed E-state index contributed by atoms with van der Waals surface area (Å²) in [5.41, 5.74) is -0.688. The van der Waals surface area contributed by atoms with Gasteiger partial charge in [0.1, 0.15) is 17.1 Å². The van der Waals surface area contributed by atoms with Crippen LogP contribution in [-0.2, 0) is 4.74 Å². The Morgan fingerprint density at radius 2 is 2.23 bits per heavy atom. The number of halogens is 1. The van der Waals surface area contributed by atoms with Crippen molar-refractivity contribution in [2.75, 3.05) is 7.11 Å². The third-order valence-electron chi connectivity index (χ3n) is 1.48. The number of rotatable bonds is 2.